The first-order chi connectivity index (χ1) is 10.1. The number of aromatic nitrogens is 2. The van der Waals surface area contributed by atoms with Crippen LogP contribution in [0.25, 0.3) is 11.0 Å². The van der Waals surface area contributed by atoms with E-state index in [-0.39, 0.29) is 0 Å². The highest BCUT2D eigenvalue weighted by atomic mass is 15.1. The molecule has 1 N–H and O–H groups in total. The molecule has 0 atom stereocenters. The van der Waals surface area contributed by atoms with Crippen LogP contribution in [0.5, 0.6) is 0 Å². The summed E-state index contributed by atoms with van der Waals surface area (Å²) in [5.41, 5.74) is 6.05. The summed E-state index contributed by atoms with van der Waals surface area (Å²) in [6.07, 6.45) is 0.915. The van der Waals surface area contributed by atoms with Gasteiger partial charge in [0.1, 0.15) is 5.82 Å². The van der Waals surface area contributed by atoms with Crippen LogP contribution in [0.1, 0.15) is 17.0 Å². The third kappa shape index (κ3) is 2.77. The molecule has 1 heterocycles. The summed E-state index contributed by atoms with van der Waals surface area (Å²) in [6.45, 7) is 5.13. The first-order valence-electron chi connectivity index (χ1n) is 7.36. The highest BCUT2D eigenvalue weighted by Gasteiger charge is 2.08. The number of imidazole rings is 1. The molecule has 1 aromatic heterocycles. The van der Waals surface area contributed by atoms with Crippen molar-refractivity contribution in [2.75, 3.05) is 11.9 Å². The van der Waals surface area contributed by atoms with Crippen LogP contribution in [0.15, 0.2) is 42.5 Å². The second-order valence-corrected chi connectivity index (χ2v) is 5.57. The number of rotatable bonds is 4. The lowest BCUT2D eigenvalue weighted by molar-refractivity contribution is 0.806. The molecule has 0 radical (unpaired) electrons. The monoisotopic (exact) mass is 279 g/mol. The largest absolute Gasteiger partial charge is 0.385 e. The van der Waals surface area contributed by atoms with Crippen molar-refractivity contribution in [1.29, 1.82) is 0 Å². The second-order valence-electron chi connectivity index (χ2n) is 5.57. The van der Waals surface area contributed by atoms with E-state index in [1.54, 1.807) is 0 Å². The van der Waals surface area contributed by atoms with E-state index in [2.05, 4.69) is 73.2 Å². The molecule has 108 valence electrons. The maximum Gasteiger partial charge on any atom is 0.111 e. The Kier molecular flexibility index (Phi) is 3.65. The number of hydrogen-bond acceptors (Lipinski definition) is 2. The Hall–Kier alpha value is -2.29. The molecule has 0 spiro atoms. The predicted octanol–water partition coefficient (Wildman–Crippen LogP) is 3.84. The quantitative estimate of drug-likeness (QED) is 0.786. The average Bonchev–Trinajstić information content (AvgIpc) is 2.79. The Labute approximate surface area is 125 Å². The lowest BCUT2D eigenvalue weighted by atomic mass is 10.2. The van der Waals surface area contributed by atoms with Crippen molar-refractivity contribution >= 4 is 16.7 Å². The molecule has 3 rings (SSSR count). The van der Waals surface area contributed by atoms with Gasteiger partial charge in [0, 0.05) is 25.7 Å². The molecule has 0 bridgehead atoms. The van der Waals surface area contributed by atoms with Gasteiger partial charge >= 0.3 is 0 Å². The Balaban J connectivity index is 1.72. The van der Waals surface area contributed by atoms with Crippen molar-refractivity contribution < 1.29 is 0 Å². The van der Waals surface area contributed by atoms with E-state index in [0.29, 0.717) is 0 Å². The molecule has 0 aliphatic heterocycles. The number of aryl methyl sites for hydroxylation is 3. The van der Waals surface area contributed by atoms with Crippen molar-refractivity contribution in [2.24, 2.45) is 7.05 Å². The van der Waals surface area contributed by atoms with Crippen molar-refractivity contribution in [3.63, 3.8) is 0 Å². The fraction of sp³-hybridized carbons (Fsp3) is 0.278. The second kappa shape index (κ2) is 5.60. The number of anilines is 1. The summed E-state index contributed by atoms with van der Waals surface area (Å²) >= 11 is 0. The van der Waals surface area contributed by atoms with E-state index in [9.17, 15) is 0 Å². The molecule has 0 saturated heterocycles. The third-order valence-electron chi connectivity index (χ3n) is 3.92. The molecule has 0 aliphatic carbocycles. The smallest absolute Gasteiger partial charge is 0.111 e. The van der Waals surface area contributed by atoms with Gasteiger partial charge in [-0.1, -0.05) is 29.8 Å². The van der Waals surface area contributed by atoms with Crippen LogP contribution in [0.4, 0.5) is 5.69 Å². The van der Waals surface area contributed by atoms with Gasteiger partial charge in [-0.25, -0.2) is 4.98 Å². The number of nitrogens with one attached hydrogen (secondary N) is 1. The molecule has 3 nitrogen and oxygen atoms in total. The lowest BCUT2D eigenvalue weighted by Gasteiger charge is -2.07. The fourth-order valence-corrected chi connectivity index (χ4v) is 2.73. The standard InChI is InChI=1S/C18H21N3/c1-13-7-9-15(10-8-13)19-12-11-17-20-16-6-4-5-14(2)18(16)21(17)3/h4-10,19H,11-12H2,1-3H3. The zero-order valence-electron chi connectivity index (χ0n) is 12.9. The van der Waals surface area contributed by atoms with Crippen molar-refractivity contribution in [3.8, 4) is 0 Å². The number of benzene rings is 2. The Morgan fingerprint density at radius 3 is 2.52 bits per heavy atom. The van der Waals surface area contributed by atoms with Crippen LogP contribution in [0.3, 0.4) is 0 Å². The maximum atomic E-state index is 4.74. The minimum atomic E-state index is 0.888. The van der Waals surface area contributed by atoms with Crippen LogP contribution in [0.2, 0.25) is 0 Å². The van der Waals surface area contributed by atoms with Gasteiger partial charge in [0.15, 0.2) is 0 Å². The van der Waals surface area contributed by atoms with Crippen LogP contribution in [0, 0.1) is 13.8 Å². The number of fused-ring (bicyclic) bond motifs is 1. The fourth-order valence-electron chi connectivity index (χ4n) is 2.73. The van der Waals surface area contributed by atoms with E-state index in [4.69, 9.17) is 4.98 Å². The van der Waals surface area contributed by atoms with E-state index >= 15 is 0 Å². The first kappa shape index (κ1) is 13.7. The average molecular weight is 279 g/mol. The van der Waals surface area contributed by atoms with Gasteiger partial charge in [0.25, 0.3) is 0 Å². The minimum Gasteiger partial charge on any atom is -0.385 e. The van der Waals surface area contributed by atoms with Crippen LogP contribution in [-0.2, 0) is 13.5 Å². The molecule has 0 fully saturated rings. The molecule has 0 saturated carbocycles. The molecule has 0 amide bonds. The van der Waals surface area contributed by atoms with E-state index in [1.807, 2.05) is 0 Å². The van der Waals surface area contributed by atoms with Gasteiger partial charge in [0.05, 0.1) is 11.0 Å². The summed E-state index contributed by atoms with van der Waals surface area (Å²) < 4.78 is 2.21. The third-order valence-corrected chi connectivity index (χ3v) is 3.92. The molecular weight excluding hydrogens is 258 g/mol. The summed E-state index contributed by atoms with van der Waals surface area (Å²) in [7, 11) is 2.10. The number of para-hydroxylation sites is 1. The summed E-state index contributed by atoms with van der Waals surface area (Å²) in [5.74, 6) is 1.12. The SMILES string of the molecule is Cc1ccc(NCCc2nc3cccc(C)c3n2C)cc1. The van der Waals surface area contributed by atoms with E-state index in [0.717, 1.165) is 30.0 Å². The summed E-state index contributed by atoms with van der Waals surface area (Å²) in [6, 6.07) is 14.8. The van der Waals surface area contributed by atoms with Crippen LogP contribution in [-0.4, -0.2) is 16.1 Å². The molecule has 0 unspecified atom stereocenters. The molecular formula is C18H21N3. The van der Waals surface area contributed by atoms with Gasteiger partial charge < -0.3 is 9.88 Å². The Morgan fingerprint density at radius 1 is 1.05 bits per heavy atom. The van der Waals surface area contributed by atoms with Crippen molar-refractivity contribution in [3.05, 3.63) is 59.4 Å². The topological polar surface area (TPSA) is 29.9 Å². The van der Waals surface area contributed by atoms with Crippen molar-refractivity contribution in [1.82, 2.24) is 9.55 Å². The summed E-state index contributed by atoms with van der Waals surface area (Å²) in [4.78, 5) is 4.74. The molecule has 3 aromatic rings. The Morgan fingerprint density at radius 2 is 1.81 bits per heavy atom. The normalized spacial score (nSPS) is 11.0. The summed E-state index contributed by atoms with van der Waals surface area (Å²) in [5, 5.41) is 3.45. The van der Waals surface area contributed by atoms with Gasteiger partial charge in [-0.2, -0.15) is 0 Å². The first-order valence-corrected chi connectivity index (χ1v) is 7.36. The predicted molar refractivity (Wildman–Crippen MR) is 88.8 cm³/mol. The van der Waals surface area contributed by atoms with Gasteiger partial charge in [-0.15, -0.1) is 0 Å². The molecule has 21 heavy (non-hydrogen) atoms. The molecule has 2 aromatic carbocycles. The van der Waals surface area contributed by atoms with Crippen LogP contribution >= 0.6 is 0 Å². The van der Waals surface area contributed by atoms with E-state index < -0.39 is 0 Å². The molecule has 0 aliphatic rings. The highest BCUT2D eigenvalue weighted by Crippen LogP contribution is 2.19. The molecule has 3 heteroatoms. The Bertz CT molecular complexity index is 754. The van der Waals surface area contributed by atoms with Gasteiger partial charge in [-0.05, 0) is 37.6 Å². The lowest BCUT2D eigenvalue weighted by Crippen LogP contribution is -2.08. The maximum absolute atomic E-state index is 4.74. The van der Waals surface area contributed by atoms with Gasteiger partial charge in [0.2, 0.25) is 0 Å². The van der Waals surface area contributed by atoms with Gasteiger partial charge in [-0.3, -0.25) is 0 Å². The number of nitrogens with zero attached hydrogens (tertiary/aromatic N) is 2. The van der Waals surface area contributed by atoms with Crippen LogP contribution < -0.4 is 5.32 Å². The minimum absolute atomic E-state index is 0.888. The zero-order valence-corrected chi connectivity index (χ0v) is 12.9. The van der Waals surface area contributed by atoms with E-state index in [1.165, 1.54) is 16.6 Å². The highest BCUT2D eigenvalue weighted by molar-refractivity contribution is 5.79. The van der Waals surface area contributed by atoms with Crippen molar-refractivity contribution in [2.45, 2.75) is 20.3 Å². The number of hydrogen-bond donors (Lipinski definition) is 1. The zero-order chi connectivity index (χ0) is 14.8.